The van der Waals surface area contributed by atoms with Gasteiger partial charge in [-0.3, -0.25) is 19.3 Å². The van der Waals surface area contributed by atoms with Gasteiger partial charge in [-0.1, -0.05) is 6.42 Å². The minimum absolute atomic E-state index is 0.0621. The molecule has 3 aliphatic heterocycles. The van der Waals surface area contributed by atoms with E-state index in [-0.39, 0.29) is 29.9 Å². The molecule has 0 aromatic carbocycles. The monoisotopic (exact) mass is 382 g/mol. The topological polar surface area (TPSA) is 142 Å². The summed E-state index contributed by atoms with van der Waals surface area (Å²) >= 11 is 1.76. The predicted octanol–water partition coefficient (Wildman–Crippen LogP) is -0.725. The first-order valence-electron chi connectivity index (χ1n) is 8.59. The largest absolute Gasteiger partial charge is 0.481 e. The van der Waals surface area contributed by atoms with E-state index in [0.29, 0.717) is 12.8 Å². The van der Waals surface area contributed by atoms with Crippen LogP contribution in [0.25, 0.3) is 0 Å². The van der Waals surface area contributed by atoms with Crippen molar-refractivity contribution in [2.24, 2.45) is 11.7 Å². The molecule has 26 heavy (non-hydrogen) atoms. The van der Waals surface area contributed by atoms with Gasteiger partial charge in [-0.05, 0) is 12.8 Å². The summed E-state index contributed by atoms with van der Waals surface area (Å²) in [4.78, 5) is 47.8. The van der Waals surface area contributed by atoms with E-state index in [9.17, 15) is 24.3 Å². The van der Waals surface area contributed by atoms with Gasteiger partial charge in [0.05, 0.1) is 24.0 Å². The van der Waals surface area contributed by atoms with Gasteiger partial charge >= 0.3 is 12.0 Å². The van der Waals surface area contributed by atoms with E-state index in [0.717, 1.165) is 29.2 Å². The number of carbonyl (C=O) groups is 4. The maximum absolute atomic E-state index is 11.9. The number of amides is 4. The molecule has 2 unspecified atom stereocenters. The van der Waals surface area contributed by atoms with Crippen LogP contribution in [0.5, 0.6) is 0 Å². The molecule has 2 saturated heterocycles. The molecular weight excluding hydrogens is 360 g/mol. The fourth-order valence-electron chi connectivity index (χ4n) is 3.85. The van der Waals surface area contributed by atoms with Crippen LogP contribution in [0.3, 0.4) is 0 Å². The number of urea groups is 1. The lowest BCUT2D eigenvalue weighted by molar-refractivity contribution is -0.148. The second-order valence-corrected chi connectivity index (χ2v) is 7.95. The Hall–Kier alpha value is -2.07. The van der Waals surface area contributed by atoms with Crippen LogP contribution in [0.1, 0.15) is 19.3 Å². The predicted molar refractivity (Wildman–Crippen MR) is 94.3 cm³/mol. The molecule has 9 nitrogen and oxygen atoms in total. The summed E-state index contributed by atoms with van der Waals surface area (Å²) in [5, 5.41) is 15.6. The molecule has 4 amide bonds. The summed E-state index contributed by atoms with van der Waals surface area (Å²) in [5.41, 5.74) is 5.70. The smallest absolute Gasteiger partial charge is 0.315 e. The number of carboxylic acids is 1. The Kier molecular flexibility index (Phi) is 5.52. The van der Waals surface area contributed by atoms with Crippen molar-refractivity contribution in [3.05, 3.63) is 12.2 Å². The molecule has 0 spiro atoms. The van der Waals surface area contributed by atoms with Crippen molar-refractivity contribution in [3.8, 4) is 0 Å². The Morgan fingerprint density at radius 2 is 2.00 bits per heavy atom. The second-order valence-electron chi connectivity index (χ2n) is 6.68. The van der Waals surface area contributed by atoms with Crippen molar-refractivity contribution in [3.63, 3.8) is 0 Å². The van der Waals surface area contributed by atoms with Crippen molar-refractivity contribution in [2.45, 2.75) is 42.6 Å². The minimum Gasteiger partial charge on any atom is -0.481 e. The van der Waals surface area contributed by atoms with Crippen LogP contribution >= 0.6 is 11.8 Å². The Labute approximate surface area is 154 Å². The van der Waals surface area contributed by atoms with E-state index in [1.54, 1.807) is 11.8 Å². The van der Waals surface area contributed by atoms with Crippen molar-refractivity contribution in [1.82, 2.24) is 15.5 Å². The van der Waals surface area contributed by atoms with Gasteiger partial charge < -0.3 is 21.5 Å². The third kappa shape index (κ3) is 3.56. The molecule has 0 aromatic rings. The van der Waals surface area contributed by atoms with Crippen molar-refractivity contribution in [1.29, 1.82) is 0 Å². The number of nitrogens with two attached hydrogens (primary N) is 1. The maximum Gasteiger partial charge on any atom is 0.315 e. The molecule has 0 aromatic heterocycles. The van der Waals surface area contributed by atoms with Gasteiger partial charge in [-0.2, -0.15) is 11.8 Å². The summed E-state index contributed by atoms with van der Waals surface area (Å²) in [6.45, 7) is -0.0982. The summed E-state index contributed by atoms with van der Waals surface area (Å²) < 4.78 is 0. The van der Waals surface area contributed by atoms with Gasteiger partial charge in [-0.25, -0.2) is 4.79 Å². The highest BCUT2D eigenvalue weighted by Gasteiger charge is 2.43. The summed E-state index contributed by atoms with van der Waals surface area (Å²) in [6.07, 6.45) is 3.93. The molecule has 3 rings (SSSR count). The summed E-state index contributed by atoms with van der Waals surface area (Å²) in [7, 11) is 0. The van der Waals surface area contributed by atoms with E-state index in [4.69, 9.17) is 5.73 Å². The van der Waals surface area contributed by atoms with Gasteiger partial charge in [0.25, 0.3) is 11.8 Å². The number of nitrogens with one attached hydrogen (secondary N) is 2. The fraction of sp³-hybridized carbons (Fsp3) is 0.625. The summed E-state index contributed by atoms with van der Waals surface area (Å²) in [6, 6.07) is -0.836. The average molecular weight is 382 g/mol. The van der Waals surface area contributed by atoms with Crippen molar-refractivity contribution >= 4 is 35.6 Å². The quantitative estimate of drug-likeness (QED) is 0.320. The standard InChI is InChI=1S/C16H22N4O5S/c17-6-10(20-12(21)4-5-13(20)22)8(15(23)24)2-1-3-11-14-9(7-26-11)18-16(25)19-14/h4-5,8-11,14H,1-3,6-7,17H2,(H,23,24)(H2,18,19,25)/t8?,9-,10?,11-,14-/m0/s1. The lowest BCUT2D eigenvalue weighted by Gasteiger charge is -2.30. The van der Waals surface area contributed by atoms with E-state index in [1.807, 2.05) is 0 Å². The number of hydrogen-bond acceptors (Lipinski definition) is 6. The molecule has 5 atom stereocenters. The molecule has 3 aliphatic rings. The zero-order valence-corrected chi connectivity index (χ0v) is 14.9. The van der Waals surface area contributed by atoms with E-state index in [2.05, 4.69) is 10.6 Å². The first kappa shape index (κ1) is 18.7. The lowest BCUT2D eigenvalue weighted by Crippen LogP contribution is -2.51. The highest BCUT2D eigenvalue weighted by molar-refractivity contribution is 8.00. The lowest BCUT2D eigenvalue weighted by atomic mass is 9.91. The van der Waals surface area contributed by atoms with Crippen LogP contribution in [0.4, 0.5) is 4.79 Å². The van der Waals surface area contributed by atoms with Gasteiger partial charge in [-0.15, -0.1) is 0 Å². The highest BCUT2D eigenvalue weighted by atomic mass is 32.2. The molecule has 2 fully saturated rings. The molecule has 10 heteroatoms. The number of rotatable bonds is 8. The van der Waals surface area contributed by atoms with Crippen LogP contribution in [0, 0.1) is 5.92 Å². The van der Waals surface area contributed by atoms with E-state index >= 15 is 0 Å². The van der Waals surface area contributed by atoms with Gasteiger partial charge in [0, 0.05) is 29.7 Å². The number of aliphatic carboxylic acids is 1. The SMILES string of the molecule is NCC(C(CCC[C@@H]1SC[C@@H]2NC(=O)N[C@@H]21)C(=O)O)N1C(=O)C=CC1=O. The van der Waals surface area contributed by atoms with Crippen LogP contribution in [-0.4, -0.2) is 69.5 Å². The van der Waals surface area contributed by atoms with Crippen LogP contribution in [0.2, 0.25) is 0 Å². The maximum atomic E-state index is 11.9. The number of nitrogens with zero attached hydrogens (tertiary/aromatic N) is 1. The zero-order valence-electron chi connectivity index (χ0n) is 14.1. The molecule has 142 valence electrons. The van der Waals surface area contributed by atoms with Crippen molar-refractivity contribution < 1.29 is 24.3 Å². The number of imide groups is 1. The third-order valence-electron chi connectivity index (χ3n) is 5.14. The molecule has 0 bridgehead atoms. The van der Waals surface area contributed by atoms with Gasteiger partial charge in [0.15, 0.2) is 0 Å². The number of hydrogen-bond donors (Lipinski definition) is 4. The zero-order chi connectivity index (χ0) is 18.8. The Balaban J connectivity index is 1.58. The van der Waals surface area contributed by atoms with E-state index < -0.39 is 29.7 Å². The van der Waals surface area contributed by atoms with Crippen LogP contribution in [0.15, 0.2) is 12.2 Å². The molecule has 3 heterocycles. The van der Waals surface area contributed by atoms with Gasteiger partial charge in [0.2, 0.25) is 0 Å². The Morgan fingerprint density at radius 3 is 2.62 bits per heavy atom. The number of thioether (sulfide) groups is 1. The fourth-order valence-corrected chi connectivity index (χ4v) is 5.39. The number of carbonyl (C=O) groups excluding carboxylic acids is 3. The first-order chi connectivity index (χ1) is 12.4. The summed E-state index contributed by atoms with van der Waals surface area (Å²) in [5.74, 6) is -2.19. The first-order valence-corrected chi connectivity index (χ1v) is 9.64. The van der Waals surface area contributed by atoms with E-state index in [1.165, 1.54) is 0 Å². The average Bonchev–Trinajstić information content (AvgIpc) is 3.23. The molecule has 0 aliphatic carbocycles. The van der Waals surface area contributed by atoms with Crippen molar-refractivity contribution in [2.75, 3.05) is 12.3 Å². The van der Waals surface area contributed by atoms with Crippen LogP contribution in [-0.2, 0) is 14.4 Å². The highest BCUT2D eigenvalue weighted by Crippen LogP contribution is 2.34. The number of carboxylic acid groups (broad SMARTS) is 1. The third-order valence-corrected chi connectivity index (χ3v) is 6.65. The van der Waals surface area contributed by atoms with Crippen LogP contribution < -0.4 is 16.4 Å². The molecule has 0 saturated carbocycles. The normalized spacial score (nSPS) is 29.5. The van der Waals surface area contributed by atoms with Gasteiger partial charge in [0.1, 0.15) is 0 Å². The molecule has 0 radical (unpaired) electrons. The second kappa shape index (κ2) is 7.67. The molecule has 5 N–H and O–H groups in total. The minimum atomic E-state index is -1.07. The molecular formula is C16H22N4O5S. The Bertz CT molecular complexity index is 637. The Morgan fingerprint density at radius 1 is 1.31 bits per heavy atom. The number of fused-ring (bicyclic) bond motifs is 1.